The molecule has 1 saturated carbocycles. The van der Waals surface area contributed by atoms with Gasteiger partial charge in [0, 0.05) is 30.6 Å². The number of rotatable bonds is 7. The molecule has 2 aliphatic rings. The van der Waals surface area contributed by atoms with Crippen LogP contribution in [0.3, 0.4) is 0 Å². The lowest BCUT2D eigenvalue weighted by Gasteiger charge is -2.29. The van der Waals surface area contributed by atoms with E-state index in [0.29, 0.717) is 18.0 Å². The van der Waals surface area contributed by atoms with E-state index in [-0.39, 0.29) is 17.8 Å². The number of benzene rings is 2. The van der Waals surface area contributed by atoms with E-state index in [0.717, 1.165) is 37.3 Å². The molecular formula is C24H29FN2O2. The third-order valence-electron chi connectivity index (χ3n) is 5.78. The summed E-state index contributed by atoms with van der Waals surface area (Å²) in [5.74, 6) is 0.929. The molecule has 0 aromatic heterocycles. The van der Waals surface area contributed by atoms with Gasteiger partial charge in [0.1, 0.15) is 11.6 Å². The first-order chi connectivity index (χ1) is 14.1. The second-order valence-electron chi connectivity index (χ2n) is 8.40. The standard InChI is InChI=1S/C24H29FN2O2/c1-26-12-4-6-19(15-26)17-29-23-9-2-5-18(13-23)16-27(22-10-11-22)24(28)20-7-3-8-21(25)14-20/h2-3,5,7-9,13-14,19,22H,4,6,10-12,15-17H2,1H3/t19-/m1/s1. The van der Waals surface area contributed by atoms with Crippen LogP contribution in [-0.2, 0) is 6.54 Å². The summed E-state index contributed by atoms with van der Waals surface area (Å²) in [7, 11) is 2.16. The van der Waals surface area contributed by atoms with Crippen molar-refractivity contribution in [2.24, 2.45) is 5.92 Å². The molecule has 1 aliphatic carbocycles. The molecule has 0 N–H and O–H groups in total. The SMILES string of the molecule is CN1CCC[C@@H](COc2cccc(CN(C(=O)c3cccc(F)c3)C3CC3)c2)C1. The topological polar surface area (TPSA) is 32.8 Å². The predicted octanol–water partition coefficient (Wildman–Crippen LogP) is 4.35. The zero-order chi connectivity index (χ0) is 20.2. The molecule has 1 atom stereocenters. The van der Waals surface area contributed by atoms with E-state index in [1.54, 1.807) is 12.1 Å². The second kappa shape index (κ2) is 8.95. The normalized spacial score (nSPS) is 19.7. The first-order valence-electron chi connectivity index (χ1n) is 10.6. The van der Waals surface area contributed by atoms with E-state index in [2.05, 4.69) is 11.9 Å². The van der Waals surface area contributed by atoms with Crippen molar-refractivity contribution in [3.63, 3.8) is 0 Å². The highest BCUT2D eigenvalue weighted by atomic mass is 19.1. The Morgan fingerprint density at radius 3 is 2.76 bits per heavy atom. The molecule has 4 nitrogen and oxygen atoms in total. The number of ether oxygens (including phenoxy) is 1. The molecule has 2 aromatic rings. The third kappa shape index (κ3) is 5.36. The number of likely N-dealkylation sites (tertiary alicyclic amines) is 1. The molecule has 0 radical (unpaired) electrons. The number of hydrogen-bond donors (Lipinski definition) is 0. The van der Waals surface area contributed by atoms with Gasteiger partial charge in [-0.25, -0.2) is 4.39 Å². The van der Waals surface area contributed by atoms with Gasteiger partial charge < -0.3 is 14.5 Å². The average Bonchev–Trinajstić information content (AvgIpc) is 3.56. The molecule has 0 unspecified atom stereocenters. The molecule has 4 rings (SSSR count). The molecule has 154 valence electrons. The summed E-state index contributed by atoms with van der Waals surface area (Å²) >= 11 is 0. The fourth-order valence-corrected chi connectivity index (χ4v) is 4.09. The van der Waals surface area contributed by atoms with Crippen LogP contribution < -0.4 is 4.74 Å². The van der Waals surface area contributed by atoms with Gasteiger partial charge in [-0.05, 0) is 75.2 Å². The number of piperidine rings is 1. The summed E-state index contributed by atoms with van der Waals surface area (Å²) in [5.41, 5.74) is 1.45. The maximum atomic E-state index is 13.6. The van der Waals surface area contributed by atoms with E-state index < -0.39 is 0 Å². The van der Waals surface area contributed by atoms with Gasteiger partial charge in [0.05, 0.1) is 6.61 Å². The largest absolute Gasteiger partial charge is 0.493 e. The molecule has 1 aliphatic heterocycles. The van der Waals surface area contributed by atoms with Crippen LogP contribution in [0.5, 0.6) is 5.75 Å². The fourth-order valence-electron chi connectivity index (χ4n) is 4.09. The fraction of sp³-hybridized carbons (Fsp3) is 0.458. The van der Waals surface area contributed by atoms with Crippen molar-refractivity contribution < 1.29 is 13.9 Å². The Bertz CT molecular complexity index is 852. The Kier molecular flexibility index (Phi) is 6.14. The van der Waals surface area contributed by atoms with Gasteiger partial charge in [0.2, 0.25) is 0 Å². The summed E-state index contributed by atoms with van der Waals surface area (Å²) in [4.78, 5) is 17.2. The van der Waals surface area contributed by atoms with Gasteiger partial charge in [0.25, 0.3) is 5.91 Å². The molecule has 1 amide bonds. The van der Waals surface area contributed by atoms with E-state index in [1.807, 2.05) is 29.2 Å². The monoisotopic (exact) mass is 396 g/mol. The van der Waals surface area contributed by atoms with Crippen LogP contribution >= 0.6 is 0 Å². The van der Waals surface area contributed by atoms with Crippen LogP contribution in [-0.4, -0.2) is 48.5 Å². The Hall–Kier alpha value is -2.40. The van der Waals surface area contributed by atoms with Gasteiger partial charge in [-0.2, -0.15) is 0 Å². The number of carbonyl (C=O) groups is 1. The zero-order valence-electron chi connectivity index (χ0n) is 17.0. The Morgan fingerprint density at radius 1 is 1.17 bits per heavy atom. The number of nitrogens with zero attached hydrogens (tertiary/aromatic N) is 2. The smallest absolute Gasteiger partial charge is 0.254 e. The van der Waals surface area contributed by atoms with Crippen molar-refractivity contribution in [3.05, 3.63) is 65.5 Å². The number of halogens is 1. The van der Waals surface area contributed by atoms with Gasteiger partial charge in [-0.15, -0.1) is 0 Å². The highest BCUT2D eigenvalue weighted by Gasteiger charge is 2.33. The highest BCUT2D eigenvalue weighted by Crippen LogP contribution is 2.30. The van der Waals surface area contributed by atoms with Gasteiger partial charge in [-0.1, -0.05) is 18.2 Å². The minimum Gasteiger partial charge on any atom is -0.493 e. The van der Waals surface area contributed by atoms with Crippen LogP contribution in [0.2, 0.25) is 0 Å². The maximum absolute atomic E-state index is 13.6. The quantitative estimate of drug-likeness (QED) is 0.698. The van der Waals surface area contributed by atoms with E-state index >= 15 is 0 Å². The first-order valence-corrected chi connectivity index (χ1v) is 10.6. The summed E-state index contributed by atoms with van der Waals surface area (Å²) in [6, 6.07) is 14.2. The van der Waals surface area contributed by atoms with Crippen molar-refractivity contribution in [2.75, 3.05) is 26.7 Å². The van der Waals surface area contributed by atoms with Crippen molar-refractivity contribution in [1.82, 2.24) is 9.80 Å². The Balaban J connectivity index is 1.41. The van der Waals surface area contributed by atoms with Crippen LogP contribution in [0.1, 0.15) is 41.6 Å². The minimum atomic E-state index is -0.379. The molecule has 0 bridgehead atoms. The molecular weight excluding hydrogens is 367 g/mol. The van der Waals surface area contributed by atoms with Crippen LogP contribution in [0, 0.1) is 11.7 Å². The molecule has 1 heterocycles. The summed E-state index contributed by atoms with van der Waals surface area (Å²) in [6.45, 7) is 3.49. The maximum Gasteiger partial charge on any atom is 0.254 e. The van der Waals surface area contributed by atoms with Crippen molar-refractivity contribution >= 4 is 5.91 Å². The van der Waals surface area contributed by atoms with Crippen molar-refractivity contribution in [3.8, 4) is 5.75 Å². The lowest BCUT2D eigenvalue weighted by Crippen LogP contribution is -2.34. The third-order valence-corrected chi connectivity index (χ3v) is 5.78. The molecule has 2 fully saturated rings. The summed E-state index contributed by atoms with van der Waals surface area (Å²) in [5, 5.41) is 0. The van der Waals surface area contributed by atoms with Crippen LogP contribution in [0.15, 0.2) is 48.5 Å². The molecule has 29 heavy (non-hydrogen) atoms. The van der Waals surface area contributed by atoms with Crippen LogP contribution in [0.4, 0.5) is 4.39 Å². The summed E-state index contributed by atoms with van der Waals surface area (Å²) < 4.78 is 19.6. The molecule has 1 saturated heterocycles. The Morgan fingerprint density at radius 2 is 2.00 bits per heavy atom. The number of amides is 1. The molecule has 5 heteroatoms. The summed E-state index contributed by atoms with van der Waals surface area (Å²) in [6.07, 6.45) is 4.45. The lowest BCUT2D eigenvalue weighted by atomic mass is 9.99. The minimum absolute atomic E-state index is 0.108. The van der Waals surface area contributed by atoms with E-state index in [4.69, 9.17) is 4.74 Å². The van der Waals surface area contributed by atoms with E-state index in [1.165, 1.54) is 31.5 Å². The van der Waals surface area contributed by atoms with Crippen molar-refractivity contribution in [1.29, 1.82) is 0 Å². The van der Waals surface area contributed by atoms with Crippen LogP contribution in [0.25, 0.3) is 0 Å². The van der Waals surface area contributed by atoms with Gasteiger partial charge in [-0.3, -0.25) is 4.79 Å². The van der Waals surface area contributed by atoms with Gasteiger partial charge in [0.15, 0.2) is 0 Å². The number of carbonyl (C=O) groups excluding carboxylic acids is 1. The average molecular weight is 397 g/mol. The Labute approximate surface area is 172 Å². The second-order valence-corrected chi connectivity index (χ2v) is 8.40. The number of hydrogen-bond acceptors (Lipinski definition) is 3. The van der Waals surface area contributed by atoms with E-state index in [9.17, 15) is 9.18 Å². The predicted molar refractivity (Wildman–Crippen MR) is 111 cm³/mol. The van der Waals surface area contributed by atoms with Gasteiger partial charge >= 0.3 is 0 Å². The lowest BCUT2D eigenvalue weighted by molar-refractivity contribution is 0.0729. The molecule has 0 spiro atoms. The zero-order valence-corrected chi connectivity index (χ0v) is 17.0. The highest BCUT2D eigenvalue weighted by molar-refractivity contribution is 5.94. The van der Waals surface area contributed by atoms with Crippen molar-refractivity contribution in [2.45, 2.75) is 38.3 Å². The first kappa shape index (κ1) is 19.9. The molecule has 2 aromatic carbocycles.